The first kappa shape index (κ1) is 15.6. The van der Waals surface area contributed by atoms with E-state index in [-0.39, 0.29) is 10.9 Å². The van der Waals surface area contributed by atoms with Crippen molar-refractivity contribution in [3.8, 4) is 6.07 Å². The summed E-state index contributed by atoms with van der Waals surface area (Å²) in [6, 6.07) is 6.07. The third-order valence-electron chi connectivity index (χ3n) is 2.77. The summed E-state index contributed by atoms with van der Waals surface area (Å²) in [5.74, 6) is -0.731. The Morgan fingerprint density at radius 2 is 2.16 bits per heavy atom. The van der Waals surface area contributed by atoms with Crippen molar-refractivity contribution in [2.75, 3.05) is 12.8 Å². The van der Waals surface area contributed by atoms with E-state index in [4.69, 9.17) is 5.26 Å². The molecule has 0 amide bonds. The van der Waals surface area contributed by atoms with Crippen molar-refractivity contribution in [2.45, 2.75) is 30.7 Å². The van der Waals surface area contributed by atoms with Gasteiger partial charge in [-0.2, -0.15) is 5.26 Å². The maximum absolute atomic E-state index is 13.7. The molecule has 0 saturated carbocycles. The highest BCUT2D eigenvalue weighted by Crippen LogP contribution is 2.20. The second kappa shape index (κ2) is 6.64. The average molecular weight is 284 g/mol. The summed E-state index contributed by atoms with van der Waals surface area (Å²) in [5.41, 5.74) is 0.682. The van der Waals surface area contributed by atoms with Gasteiger partial charge in [0.15, 0.2) is 9.84 Å². The van der Waals surface area contributed by atoms with Gasteiger partial charge < -0.3 is 5.32 Å². The fourth-order valence-corrected chi connectivity index (χ4v) is 2.42. The van der Waals surface area contributed by atoms with E-state index in [1.54, 1.807) is 6.07 Å². The lowest BCUT2D eigenvalue weighted by Gasteiger charge is -2.14. The first-order valence-electron chi connectivity index (χ1n) is 5.96. The van der Waals surface area contributed by atoms with Gasteiger partial charge in [0.05, 0.1) is 6.07 Å². The number of hydrogen-bond acceptors (Lipinski definition) is 4. The van der Waals surface area contributed by atoms with Crippen molar-refractivity contribution in [1.82, 2.24) is 5.32 Å². The van der Waals surface area contributed by atoms with Crippen LogP contribution in [0.4, 0.5) is 4.39 Å². The van der Waals surface area contributed by atoms with Crippen LogP contribution in [0.3, 0.4) is 0 Å². The van der Waals surface area contributed by atoms with Gasteiger partial charge in [-0.05, 0) is 37.6 Å². The molecule has 1 rings (SSSR count). The Morgan fingerprint density at radius 1 is 1.47 bits per heavy atom. The Hall–Kier alpha value is -1.45. The molecular formula is C13H17FN2O2S. The van der Waals surface area contributed by atoms with Crippen molar-refractivity contribution in [2.24, 2.45) is 0 Å². The minimum absolute atomic E-state index is 0.0956. The molecule has 0 spiro atoms. The van der Waals surface area contributed by atoms with Crippen LogP contribution in [-0.2, 0) is 9.84 Å². The molecule has 0 radical (unpaired) electrons. The Balaban J connectivity index is 2.76. The van der Waals surface area contributed by atoms with Crippen LogP contribution in [0.1, 0.15) is 31.4 Å². The third-order valence-corrected chi connectivity index (χ3v) is 3.90. The summed E-state index contributed by atoms with van der Waals surface area (Å²) in [7, 11) is -3.53. The lowest BCUT2D eigenvalue weighted by Crippen LogP contribution is -2.20. The molecule has 0 heterocycles. The molecule has 0 unspecified atom stereocenters. The van der Waals surface area contributed by atoms with Gasteiger partial charge in [-0.1, -0.05) is 6.07 Å². The van der Waals surface area contributed by atoms with Gasteiger partial charge in [0.2, 0.25) is 0 Å². The van der Waals surface area contributed by atoms with Crippen molar-refractivity contribution < 1.29 is 12.8 Å². The molecule has 1 aromatic carbocycles. The van der Waals surface area contributed by atoms with Gasteiger partial charge in [0, 0.05) is 18.7 Å². The average Bonchev–Trinajstić information content (AvgIpc) is 2.32. The van der Waals surface area contributed by atoms with E-state index in [2.05, 4.69) is 5.32 Å². The monoisotopic (exact) mass is 284 g/mol. The lowest BCUT2D eigenvalue weighted by atomic mass is 10.1. The molecule has 1 atom stereocenters. The molecule has 0 bridgehead atoms. The fourth-order valence-electron chi connectivity index (χ4n) is 1.69. The SMILES string of the molecule is C[C@@H](NCCCC#N)c1ccc(S(C)(=O)=O)c(F)c1. The number of nitrogens with zero attached hydrogens (tertiary/aromatic N) is 1. The topological polar surface area (TPSA) is 70.0 Å². The summed E-state index contributed by atoms with van der Waals surface area (Å²) in [5, 5.41) is 11.6. The van der Waals surface area contributed by atoms with Gasteiger partial charge in [-0.3, -0.25) is 0 Å². The van der Waals surface area contributed by atoms with Gasteiger partial charge in [-0.25, -0.2) is 12.8 Å². The molecule has 0 saturated heterocycles. The van der Waals surface area contributed by atoms with Crippen LogP contribution >= 0.6 is 0 Å². The fraction of sp³-hybridized carbons (Fsp3) is 0.462. The van der Waals surface area contributed by atoms with E-state index in [0.717, 1.165) is 12.7 Å². The van der Waals surface area contributed by atoms with Gasteiger partial charge >= 0.3 is 0 Å². The predicted molar refractivity (Wildman–Crippen MR) is 70.8 cm³/mol. The highest BCUT2D eigenvalue weighted by molar-refractivity contribution is 7.90. The van der Waals surface area contributed by atoms with Crippen LogP contribution in [0.5, 0.6) is 0 Å². The standard InChI is InChI=1S/C13H17FN2O2S/c1-10(16-8-4-3-7-15)11-5-6-13(12(14)9-11)19(2,17)18/h5-6,9-10,16H,3-4,8H2,1-2H3/t10-/m1/s1. The smallest absolute Gasteiger partial charge is 0.178 e. The molecule has 104 valence electrons. The van der Waals surface area contributed by atoms with Crippen LogP contribution in [0.15, 0.2) is 23.1 Å². The number of halogens is 1. The summed E-state index contributed by atoms with van der Waals surface area (Å²) >= 11 is 0. The molecular weight excluding hydrogens is 267 g/mol. The van der Waals surface area contributed by atoms with Gasteiger partial charge in [0.25, 0.3) is 0 Å². The number of unbranched alkanes of at least 4 members (excludes halogenated alkanes) is 1. The molecule has 19 heavy (non-hydrogen) atoms. The second-order valence-corrected chi connectivity index (χ2v) is 6.38. The Morgan fingerprint density at radius 3 is 2.68 bits per heavy atom. The lowest BCUT2D eigenvalue weighted by molar-refractivity contribution is 0.545. The van der Waals surface area contributed by atoms with E-state index in [1.807, 2.05) is 13.0 Å². The number of hydrogen-bond donors (Lipinski definition) is 1. The second-order valence-electron chi connectivity index (χ2n) is 4.40. The molecule has 0 aliphatic carbocycles. The van der Waals surface area contributed by atoms with Crippen molar-refractivity contribution in [1.29, 1.82) is 5.26 Å². The minimum Gasteiger partial charge on any atom is -0.310 e. The summed E-state index contributed by atoms with van der Waals surface area (Å²) in [4.78, 5) is -0.284. The molecule has 6 heteroatoms. The van der Waals surface area contributed by atoms with E-state index in [1.165, 1.54) is 12.1 Å². The Bertz CT molecular complexity index is 579. The molecule has 1 aromatic rings. The number of rotatable bonds is 6. The molecule has 0 aromatic heterocycles. The molecule has 0 aliphatic rings. The molecule has 1 N–H and O–H groups in total. The minimum atomic E-state index is -3.53. The quantitative estimate of drug-likeness (QED) is 0.813. The zero-order chi connectivity index (χ0) is 14.5. The van der Waals surface area contributed by atoms with E-state index in [9.17, 15) is 12.8 Å². The molecule has 0 aliphatic heterocycles. The van der Waals surface area contributed by atoms with Gasteiger partial charge in [-0.15, -0.1) is 0 Å². The van der Waals surface area contributed by atoms with Crippen LogP contribution < -0.4 is 5.32 Å². The van der Waals surface area contributed by atoms with Crippen LogP contribution in [0.2, 0.25) is 0 Å². The number of nitrogens with one attached hydrogen (secondary N) is 1. The largest absolute Gasteiger partial charge is 0.310 e. The van der Waals surface area contributed by atoms with Gasteiger partial charge in [0.1, 0.15) is 10.7 Å². The zero-order valence-corrected chi connectivity index (χ0v) is 11.8. The first-order chi connectivity index (χ1) is 8.86. The summed E-state index contributed by atoms with van der Waals surface area (Å²) in [6.07, 6.45) is 2.18. The van der Waals surface area contributed by atoms with E-state index >= 15 is 0 Å². The van der Waals surface area contributed by atoms with E-state index < -0.39 is 15.7 Å². The highest BCUT2D eigenvalue weighted by atomic mass is 32.2. The molecule has 0 fully saturated rings. The van der Waals surface area contributed by atoms with Crippen molar-refractivity contribution in [3.63, 3.8) is 0 Å². The Kier molecular flexibility index (Phi) is 5.45. The summed E-state index contributed by atoms with van der Waals surface area (Å²) in [6.45, 7) is 2.52. The first-order valence-corrected chi connectivity index (χ1v) is 7.85. The number of nitriles is 1. The predicted octanol–water partition coefficient (Wildman–Crippen LogP) is 2.18. The maximum Gasteiger partial charge on any atom is 0.178 e. The Labute approximate surface area is 113 Å². The highest BCUT2D eigenvalue weighted by Gasteiger charge is 2.15. The van der Waals surface area contributed by atoms with E-state index in [0.29, 0.717) is 18.5 Å². The van der Waals surface area contributed by atoms with Crippen molar-refractivity contribution >= 4 is 9.84 Å². The molecule has 4 nitrogen and oxygen atoms in total. The van der Waals surface area contributed by atoms with Crippen LogP contribution in [0.25, 0.3) is 0 Å². The third kappa shape index (κ3) is 4.62. The number of benzene rings is 1. The number of sulfone groups is 1. The van der Waals surface area contributed by atoms with Crippen molar-refractivity contribution in [3.05, 3.63) is 29.6 Å². The maximum atomic E-state index is 13.7. The normalized spacial score (nSPS) is 12.9. The zero-order valence-electron chi connectivity index (χ0n) is 11.0. The summed E-state index contributed by atoms with van der Waals surface area (Å²) < 4.78 is 36.3. The van der Waals surface area contributed by atoms with Crippen LogP contribution in [-0.4, -0.2) is 21.2 Å². The van der Waals surface area contributed by atoms with Crippen LogP contribution in [0, 0.1) is 17.1 Å².